The second kappa shape index (κ2) is 16.3. The Labute approximate surface area is 473 Å². The van der Waals surface area contributed by atoms with Crippen molar-refractivity contribution in [1.82, 2.24) is 0 Å². The van der Waals surface area contributed by atoms with Crippen LogP contribution in [0.5, 0.6) is 0 Å². The molecule has 1 heteroatoms. The highest BCUT2D eigenvalue weighted by molar-refractivity contribution is 5.98. The molecule has 8 aliphatic rings. The third-order valence-corrected chi connectivity index (χ3v) is 21.9. The number of rotatable bonds is 6. The monoisotopic (exact) mass is 1030 g/mol. The summed E-state index contributed by atoms with van der Waals surface area (Å²) in [6, 6.07) is 82.9. The van der Waals surface area contributed by atoms with E-state index in [0.717, 1.165) is 17.5 Å². The molecule has 388 valence electrons. The summed E-state index contributed by atoms with van der Waals surface area (Å²) in [5.74, 6) is 2.97. The van der Waals surface area contributed by atoms with Crippen LogP contribution in [0.4, 0.5) is 17.1 Å². The molecule has 0 saturated heterocycles. The first-order valence-corrected chi connectivity index (χ1v) is 29.9. The molecule has 1 spiro atoms. The van der Waals surface area contributed by atoms with E-state index in [1.807, 2.05) is 0 Å². The number of hydrogen-bond acceptors (Lipinski definition) is 1. The zero-order valence-corrected chi connectivity index (χ0v) is 47.0. The average molecular weight is 1030 g/mol. The molecule has 80 heavy (non-hydrogen) atoms. The summed E-state index contributed by atoms with van der Waals surface area (Å²) in [5.41, 5.74) is 34.0. The standard InChI is InChI=1S/C79H67N/c1-76(2)68-22-14-11-19-60(68)65-45-57(30-34-70(65)76)80(58-31-35-71-66(46-58)61-20-12-15-23-69(61)77(71,3)4)56-28-24-49(25-29-56)51-27-33-63-73(43-51)79(54-37-47-36-48(39-54)40-55(79)38-47)74-44-53(41-64(75(63)74)50-16-8-7-9-17-50)52-26-32-62-59-18-10-13-21-67(59)78(5,6)72(62)42-52/h7-35,41-48,54-55H,36-40H2,1-6H3. The smallest absolute Gasteiger partial charge is 0.0468 e. The van der Waals surface area contributed by atoms with E-state index in [2.05, 4.69) is 259 Å². The molecule has 10 aromatic rings. The highest BCUT2D eigenvalue weighted by Gasteiger charge is 2.62. The van der Waals surface area contributed by atoms with Gasteiger partial charge in [-0.3, -0.25) is 0 Å². The van der Waals surface area contributed by atoms with Crippen LogP contribution in [0.3, 0.4) is 0 Å². The van der Waals surface area contributed by atoms with Gasteiger partial charge in [-0.1, -0.05) is 193 Å². The lowest BCUT2D eigenvalue weighted by atomic mass is 9.43. The summed E-state index contributed by atoms with van der Waals surface area (Å²) in [7, 11) is 0. The molecular weight excluding hydrogens is 963 g/mol. The van der Waals surface area contributed by atoms with Crippen LogP contribution in [0.15, 0.2) is 212 Å². The fraction of sp³-hybridized carbons (Fsp3) is 0.241. The highest BCUT2D eigenvalue weighted by atomic mass is 15.1. The van der Waals surface area contributed by atoms with Crippen molar-refractivity contribution >= 4 is 17.1 Å². The maximum absolute atomic E-state index is 2.71. The summed E-state index contributed by atoms with van der Waals surface area (Å²) in [6.07, 6.45) is 6.80. The molecule has 4 bridgehead atoms. The van der Waals surface area contributed by atoms with Crippen molar-refractivity contribution in [1.29, 1.82) is 0 Å². The predicted octanol–water partition coefficient (Wildman–Crippen LogP) is 20.8. The molecule has 4 saturated carbocycles. The molecule has 1 nitrogen and oxygen atoms in total. The Bertz CT molecular complexity index is 4140. The van der Waals surface area contributed by atoms with Gasteiger partial charge in [0.15, 0.2) is 0 Å². The first-order valence-electron chi connectivity index (χ1n) is 29.9. The fourth-order valence-electron chi connectivity index (χ4n) is 18.3. The van der Waals surface area contributed by atoms with Crippen LogP contribution in [-0.2, 0) is 21.7 Å². The molecular formula is C79H67N. The molecule has 10 aromatic carbocycles. The van der Waals surface area contributed by atoms with Crippen LogP contribution in [0.25, 0.3) is 77.9 Å². The molecule has 0 N–H and O–H groups in total. The third kappa shape index (κ3) is 6.25. The summed E-state index contributed by atoms with van der Waals surface area (Å²) < 4.78 is 0. The van der Waals surface area contributed by atoms with Crippen molar-refractivity contribution in [2.24, 2.45) is 23.7 Å². The van der Waals surface area contributed by atoms with Gasteiger partial charge in [-0.2, -0.15) is 0 Å². The third-order valence-electron chi connectivity index (χ3n) is 21.9. The minimum Gasteiger partial charge on any atom is -0.310 e. The zero-order chi connectivity index (χ0) is 53.6. The van der Waals surface area contributed by atoms with Gasteiger partial charge in [0.25, 0.3) is 0 Å². The fourth-order valence-corrected chi connectivity index (χ4v) is 18.3. The summed E-state index contributed by atoms with van der Waals surface area (Å²) in [6.45, 7) is 14.4. The Morgan fingerprint density at radius 2 is 0.700 bits per heavy atom. The topological polar surface area (TPSA) is 3.24 Å². The maximum Gasteiger partial charge on any atom is 0.0468 e. The van der Waals surface area contributed by atoms with Crippen molar-refractivity contribution in [2.45, 2.75) is 95.3 Å². The van der Waals surface area contributed by atoms with Crippen LogP contribution in [0, 0.1) is 23.7 Å². The van der Waals surface area contributed by atoms with Gasteiger partial charge in [0.05, 0.1) is 0 Å². The van der Waals surface area contributed by atoms with E-state index in [1.165, 1.54) is 155 Å². The normalized spacial score (nSPS) is 22.5. The van der Waals surface area contributed by atoms with Crippen molar-refractivity contribution in [3.8, 4) is 77.9 Å². The quantitative estimate of drug-likeness (QED) is 0.160. The minimum atomic E-state index is -0.0649. The van der Waals surface area contributed by atoms with Crippen LogP contribution >= 0.6 is 0 Å². The van der Waals surface area contributed by atoms with E-state index in [4.69, 9.17) is 0 Å². The highest BCUT2D eigenvalue weighted by Crippen LogP contribution is 2.71. The van der Waals surface area contributed by atoms with E-state index in [0.29, 0.717) is 11.8 Å². The zero-order valence-electron chi connectivity index (χ0n) is 47.0. The Morgan fingerprint density at radius 3 is 1.27 bits per heavy atom. The molecule has 8 aliphatic carbocycles. The van der Waals surface area contributed by atoms with Gasteiger partial charge in [-0.25, -0.2) is 0 Å². The van der Waals surface area contributed by atoms with Gasteiger partial charge >= 0.3 is 0 Å². The predicted molar refractivity (Wildman–Crippen MR) is 333 cm³/mol. The second-order valence-corrected chi connectivity index (χ2v) is 26.9. The van der Waals surface area contributed by atoms with E-state index in [9.17, 15) is 0 Å². The number of nitrogens with zero attached hydrogens (tertiary/aromatic N) is 1. The molecule has 0 amide bonds. The first kappa shape index (κ1) is 46.9. The van der Waals surface area contributed by atoms with Crippen molar-refractivity contribution in [3.63, 3.8) is 0 Å². The van der Waals surface area contributed by atoms with E-state index in [1.54, 1.807) is 11.1 Å². The van der Waals surface area contributed by atoms with Crippen LogP contribution in [0.2, 0.25) is 0 Å². The number of hydrogen-bond donors (Lipinski definition) is 0. The van der Waals surface area contributed by atoms with Crippen molar-refractivity contribution in [3.05, 3.63) is 257 Å². The molecule has 0 aliphatic heterocycles. The molecule has 4 fully saturated rings. The summed E-state index contributed by atoms with van der Waals surface area (Å²) in [4.78, 5) is 2.51. The molecule has 0 atom stereocenters. The summed E-state index contributed by atoms with van der Waals surface area (Å²) >= 11 is 0. The van der Waals surface area contributed by atoms with Gasteiger partial charge in [0.1, 0.15) is 0 Å². The largest absolute Gasteiger partial charge is 0.310 e. The lowest BCUT2D eigenvalue weighted by Crippen LogP contribution is -2.55. The SMILES string of the molecule is CC1(C)c2ccccc2-c2cc(N(c3ccc(-c4ccc5c(c4)C4(c6cc(-c7ccc8c(c7)C(C)(C)c7ccccc7-8)cc(-c7ccccc7)c6-5)C5CC6CC(C5)CC4C6)cc3)c3ccc4c(c3)-c3ccccc3C4(C)C)ccc21. The molecule has 0 aromatic heterocycles. The summed E-state index contributed by atoms with van der Waals surface area (Å²) in [5, 5.41) is 0. The van der Waals surface area contributed by atoms with Gasteiger partial charge in [0, 0.05) is 38.7 Å². The van der Waals surface area contributed by atoms with Gasteiger partial charge < -0.3 is 4.90 Å². The Kier molecular flexibility index (Phi) is 9.56. The molecule has 0 unspecified atom stereocenters. The molecule has 0 radical (unpaired) electrons. The Balaban J connectivity index is 0.815. The number of fused-ring (bicyclic) bond motifs is 12. The van der Waals surface area contributed by atoms with Crippen LogP contribution < -0.4 is 4.90 Å². The van der Waals surface area contributed by atoms with Crippen molar-refractivity contribution in [2.75, 3.05) is 4.90 Å². The van der Waals surface area contributed by atoms with Crippen LogP contribution in [0.1, 0.15) is 118 Å². The van der Waals surface area contributed by atoms with E-state index >= 15 is 0 Å². The Hall–Kier alpha value is -8.00. The van der Waals surface area contributed by atoms with Crippen molar-refractivity contribution < 1.29 is 0 Å². The van der Waals surface area contributed by atoms with E-state index in [-0.39, 0.29) is 21.7 Å². The Morgan fingerprint density at radius 1 is 0.275 bits per heavy atom. The lowest BCUT2D eigenvalue weighted by Gasteiger charge is -2.61. The number of benzene rings is 10. The molecule has 0 heterocycles. The van der Waals surface area contributed by atoms with Gasteiger partial charge in [-0.15, -0.1) is 0 Å². The number of anilines is 3. The lowest BCUT2D eigenvalue weighted by molar-refractivity contribution is -0.0399. The average Bonchev–Trinajstić information content (AvgIpc) is 4.29. The van der Waals surface area contributed by atoms with E-state index < -0.39 is 0 Å². The maximum atomic E-state index is 2.71. The van der Waals surface area contributed by atoms with Gasteiger partial charge in [0.2, 0.25) is 0 Å². The van der Waals surface area contributed by atoms with Crippen LogP contribution in [-0.4, -0.2) is 0 Å². The second-order valence-electron chi connectivity index (χ2n) is 26.9. The minimum absolute atomic E-state index is 0.0296. The van der Waals surface area contributed by atoms with Gasteiger partial charge in [-0.05, 0) is 239 Å². The first-order chi connectivity index (χ1) is 38.9. The molecule has 18 rings (SSSR count).